The van der Waals surface area contributed by atoms with Crippen molar-refractivity contribution in [2.45, 2.75) is 45.3 Å². The number of ether oxygens (including phenoxy) is 1. The molecule has 0 spiro atoms. The molecule has 3 nitrogen and oxygen atoms in total. The van der Waals surface area contributed by atoms with Gasteiger partial charge in [-0.3, -0.25) is 0 Å². The van der Waals surface area contributed by atoms with Gasteiger partial charge in [-0.1, -0.05) is 31.9 Å². The number of benzene rings is 1. The second-order valence-electron chi connectivity index (χ2n) is 4.74. The SMILES string of the molecule is CCCCC(C)NCC(O)c1ccc(OC)cc1. The summed E-state index contributed by atoms with van der Waals surface area (Å²) in [7, 11) is 1.64. The maximum absolute atomic E-state index is 10.1. The van der Waals surface area contributed by atoms with Gasteiger partial charge >= 0.3 is 0 Å². The van der Waals surface area contributed by atoms with E-state index in [2.05, 4.69) is 19.2 Å². The second-order valence-corrected chi connectivity index (χ2v) is 4.74. The Bertz CT molecular complexity index is 324. The molecular formula is C15H25NO2. The fourth-order valence-corrected chi connectivity index (χ4v) is 1.87. The molecule has 2 N–H and O–H groups in total. The van der Waals surface area contributed by atoms with Crippen molar-refractivity contribution in [2.75, 3.05) is 13.7 Å². The summed E-state index contributed by atoms with van der Waals surface area (Å²) >= 11 is 0. The van der Waals surface area contributed by atoms with E-state index in [-0.39, 0.29) is 0 Å². The average Bonchev–Trinajstić information content (AvgIpc) is 2.42. The minimum atomic E-state index is -0.458. The predicted molar refractivity (Wildman–Crippen MR) is 74.9 cm³/mol. The van der Waals surface area contributed by atoms with Crippen LogP contribution in [-0.4, -0.2) is 24.8 Å². The van der Waals surface area contributed by atoms with Crippen molar-refractivity contribution in [3.05, 3.63) is 29.8 Å². The summed E-state index contributed by atoms with van der Waals surface area (Å²) < 4.78 is 5.09. The van der Waals surface area contributed by atoms with Gasteiger partial charge in [-0.25, -0.2) is 0 Å². The Hall–Kier alpha value is -1.06. The molecule has 3 heteroatoms. The molecule has 0 amide bonds. The third kappa shape index (κ3) is 5.07. The third-order valence-corrected chi connectivity index (χ3v) is 3.15. The minimum Gasteiger partial charge on any atom is -0.497 e. The van der Waals surface area contributed by atoms with Crippen LogP contribution in [0, 0.1) is 0 Å². The molecule has 0 aliphatic carbocycles. The number of unbranched alkanes of at least 4 members (excludes halogenated alkanes) is 1. The van der Waals surface area contributed by atoms with Crippen LogP contribution in [0.1, 0.15) is 44.8 Å². The van der Waals surface area contributed by atoms with E-state index in [0.717, 1.165) is 17.7 Å². The molecule has 2 unspecified atom stereocenters. The predicted octanol–water partition coefficient (Wildman–Crippen LogP) is 2.90. The summed E-state index contributed by atoms with van der Waals surface area (Å²) in [6.45, 7) is 4.95. The zero-order chi connectivity index (χ0) is 13.4. The van der Waals surface area contributed by atoms with Crippen LogP contribution in [0.4, 0.5) is 0 Å². The Morgan fingerprint density at radius 2 is 1.94 bits per heavy atom. The molecule has 18 heavy (non-hydrogen) atoms. The zero-order valence-corrected chi connectivity index (χ0v) is 11.6. The minimum absolute atomic E-state index is 0.456. The lowest BCUT2D eigenvalue weighted by Crippen LogP contribution is -2.30. The van der Waals surface area contributed by atoms with Crippen LogP contribution >= 0.6 is 0 Å². The molecular weight excluding hydrogens is 226 g/mol. The Morgan fingerprint density at radius 1 is 1.28 bits per heavy atom. The highest BCUT2D eigenvalue weighted by Gasteiger charge is 2.09. The topological polar surface area (TPSA) is 41.5 Å². The first kappa shape index (κ1) is 15.0. The summed E-state index contributed by atoms with van der Waals surface area (Å²) in [6, 6.07) is 8.01. The summed E-state index contributed by atoms with van der Waals surface area (Å²) in [4.78, 5) is 0. The molecule has 1 aromatic carbocycles. The second kappa shape index (κ2) is 8.11. The van der Waals surface area contributed by atoms with E-state index in [1.165, 1.54) is 12.8 Å². The van der Waals surface area contributed by atoms with Gasteiger partial charge in [0.1, 0.15) is 5.75 Å². The van der Waals surface area contributed by atoms with Gasteiger partial charge in [-0.2, -0.15) is 0 Å². The number of aliphatic hydroxyl groups excluding tert-OH is 1. The Morgan fingerprint density at radius 3 is 2.50 bits per heavy atom. The maximum atomic E-state index is 10.1. The number of aliphatic hydroxyl groups is 1. The Labute approximate surface area is 110 Å². The van der Waals surface area contributed by atoms with Crippen LogP contribution in [0.3, 0.4) is 0 Å². The summed E-state index contributed by atoms with van der Waals surface area (Å²) in [5.41, 5.74) is 0.922. The van der Waals surface area contributed by atoms with E-state index < -0.39 is 6.10 Å². The third-order valence-electron chi connectivity index (χ3n) is 3.15. The Balaban J connectivity index is 2.37. The Kier molecular flexibility index (Phi) is 6.76. The van der Waals surface area contributed by atoms with Crippen molar-refractivity contribution in [3.63, 3.8) is 0 Å². The highest BCUT2D eigenvalue weighted by Crippen LogP contribution is 2.17. The first-order chi connectivity index (χ1) is 8.67. The lowest BCUT2D eigenvalue weighted by Gasteiger charge is -2.17. The van der Waals surface area contributed by atoms with Gasteiger partial charge in [0, 0.05) is 12.6 Å². The van der Waals surface area contributed by atoms with Crippen molar-refractivity contribution in [1.82, 2.24) is 5.32 Å². The molecule has 0 fully saturated rings. The van der Waals surface area contributed by atoms with Gasteiger partial charge in [-0.05, 0) is 31.0 Å². The van der Waals surface area contributed by atoms with Crippen molar-refractivity contribution < 1.29 is 9.84 Å². The van der Waals surface area contributed by atoms with Crippen molar-refractivity contribution in [1.29, 1.82) is 0 Å². The molecule has 0 saturated carbocycles. The van der Waals surface area contributed by atoms with E-state index in [1.54, 1.807) is 7.11 Å². The van der Waals surface area contributed by atoms with Gasteiger partial charge in [0.25, 0.3) is 0 Å². The normalized spacial score (nSPS) is 14.2. The van der Waals surface area contributed by atoms with Gasteiger partial charge in [0.2, 0.25) is 0 Å². The summed E-state index contributed by atoms with van der Waals surface area (Å²) in [5.74, 6) is 0.815. The fraction of sp³-hybridized carbons (Fsp3) is 0.600. The van der Waals surface area contributed by atoms with Gasteiger partial charge < -0.3 is 15.2 Å². The molecule has 2 atom stereocenters. The molecule has 0 aliphatic heterocycles. The number of nitrogens with one attached hydrogen (secondary N) is 1. The highest BCUT2D eigenvalue weighted by molar-refractivity contribution is 5.28. The summed E-state index contributed by atoms with van der Waals surface area (Å²) in [6.07, 6.45) is 3.14. The molecule has 0 saturated heterocycles. The molecule has 0 radical (unpaired) electrons. The maximum Gasteiger partial charge on any atom is 0.118 e. The van der Waals surface area contributed by atoms with Gasteiger partial charge in [0.05, 0.1) is 13.2 Å². The average molecular weight is 251 g/mol. The number of methoxy groups -OCH3 is 1. The molecule has 1 rings (SSSR count). The first-order valence-electron chi connectivity index (χ1n) is 6.72. The van der Waals surface area contributed by atoms with E-state index >= 15 is 0 Å². The molecule has 0 aromatic heterocycles. The van der Waals surface area contributed by atoms with Crippen LogP contribution in [-0.2, 0) is 0 Å². The molecule has 0 aliphatic rings. The standard InChI is InChI=1S/C15H25NO2/c1-4-5-6-12(2)16-11-15(17)13-7-9-14(18-3)10-8-13/h7-10,12,15-17H,4-6,11H2,1-3H3. The quantitative estimate of drug-likeness (QED) is 0.746. The van der Waals surface area contributed by atoms with Crippen molar-refractivity contribution >= 4 is 0 Å². The van der Waals surface area contributed by atoms with Crippen LogP contribution in [0.5, 0.6) is 5.75 Å². The summed E-state index contributed by atoms with van der Waals surface area (Å²) in [5, 5.41) is 13.4. The van der Waals surface area contributed by atoms with Crippen LogP contribution < -0.4 is 10.1 Å². The number of hydrogen-bond acceptors (Lipinski definition) is 3. The monoisotopic (exact) mass is 251 g/mol. The van der Waals surface area contributed by atoms with Crippen LogP contribution in [0.2, 0.25) is 0 Å². The van der Waals surface area contributed by atoms with E-state index in [4.69, 9.17) is 4.74 Å². The van der Waals surface area contributed by atoms with Crippen LogP contribution in [0.15, 0.2) is 24.3 Å². The number of hydrogen-bond donors (Lipinski definition) is 2. The zero-order valence-electron chi connectivity index (χ0n) is 11.6. The highest BCUT2D eigenvalue weighted by atomic mass is 16.5. The van der Waals surface area contributed by atoms with E-state index in [9.17, 15) is 5.11 Å². The lowest BCUT2D eigenvalue weighted by atomic mass is 10.1. The number of rotatable bonds is 8. The lowest BCUT2D eigenvalue weighted by molar-refractivity contribution is 0.169. The van der Waals surface area contributed by atoms with E-state index in [0.29, 0.717) is 12.6 Å². The molecule has 0 heterocycles. The smallest absolute Gasteiger partial charge is 0.118 e. The van der Waals surface area contributed by atoms with Crippen LogP contribution in [0.25, 0.3) is 0 Å². The fourth-order valence-electron chi connectivity index (χ4n) is 1.87. The van der Waals surface area contributed by atoms with Crippen molar-refractivity contribution in [3.8, 4) is 5.75 Å². The van der Waals surface area contributed by atoms with Gasteiger partial charge in [0.15, 0.2) is 0 Å². The van der Waals surface area contributed by atoms with E-state index in [1.807, 2.05) is 24.3 Å². The first-order valence-corrected chi connectivity index (χ1v) is 6.72. The molecule has 0 bridgehead atoms. The molecule has 102 valence electrons. The largest absolute Gasteiger partial charge is 0.497 e. The van der Waals surface area contributed by atoms with Crippen molar-refractivity contribution in [2.24, 2.45) is 0 Å². The molecule has 1 aromatic rings. The van der Waals surface area contributed by atoms with Gasteiger partial charge in [-0.15, -0.1) is 0 Å².